The predicted octanol–water partition coefficient (Wildman–Crippen LogP) is 3.55. The fourth-order valence-corrected chi connectivity index (χ4v) is 3.13. The number of hydrogen-bond donors (Lipinski definition) is 1. The number of nitrogens with one attached hydrogen (secondary N) is 1. The van der Waals surface area contributed by atoms with Gasteiger partial charge in [0.15, 0.2) is 5.52 Å². The van der Waals surface area contributed by atoms with Crippen molar-refractivity contribution in [2.75, 3.05) is 11.9 Å². The van der Waals surface area contributed by atoms with Gasteiger partial charge in [0.1, 0.15) is 5.52 Å². The topological polar surface area (TPSA) is 66.8 Å². The minimum absolute atomic E-state index is 0.196. The summed E-state index contributed by atoms with van der Waals surface area (Å²) in [5.41, 5.74) is 2.77. The molecule has 1 N–H and O–H groups in total. The van der Waals surface area contributed by atoms with E-state index < -0.39 is 0 Å². The van der Waals surface area contributed by atoms with E-state index in [0.717, 1.165) is 24.1 Å². The second kappa shape index (κ2) is 7.06. The van der Waals surface area contributed by atoms with E-state index in [4.69, 9.17) is 23.2 Å². The van der Waals surface area contributed by atoms with Crippen LogP contribution in [0.25, 0.3) is 11.0 Å². The number of aromatic nitrogens is 4. The molecule has 0 radical (unpaired) electrons. The van der Waals surface area contributed by atoms with Gasteiger partial charge in [0, 0.05) is 20.6 Å². The Hall–Kier alpha value is -2.05. The van der Waals surface area contributed by atoms with Gasteiger partial charge in [0.2, 0.25) is 5.95 Å². The molecule has 0 saturated carbocycles. The minimum atomic E-state index is -0.196. The Balaban J connectivity index is 1.98. The van der Waals surface area contributed by atoms with E-state index in [2.05, 4.69) is 22.0 Å². The molecule has 0 aliphatic rings. The maximum Gasteiger partial charge on any atom is 0.278 e. The maximum absolute atomic E-state index is 12.5. The zero-order valence-corrected chi connectivity index (χ0v) is 15.8. The van der Waals surface area contributed by atoms with Crippen molar-refractivity contribution in [3.05, 3.63) is 49.9 Å². The smallest absolute Gasteiger partial charge is 0.278 e. The average Bonchev–Trinajstić information content (AvgIpc) is 2.88. The van der Waals surface area contributed by atoms with Crippen LogP contribution in [0.15, 0.2) is 23.0 Å². The molecule has 1 aromatic carbocycles. The van der Waals surface area contributed by atoms with Gasteiger partial charge in [-0.25, -0.2) is 4.98 Å². The first-order valence-electron chi connectivity index (χ1n) is 8.01. The largest absolute Gasteiger partial charge is 0.341 e. The number of aromatic amines is 1. The fourth-order valence-electron chi connectivity index (χ4n) is 2.81. The molecule has 0 amide bonds. The standard InChI is InChI=1S/C17H19Cl2N5O/c1-4-5-13-14-15(24(3)22-13)16(25)21-17(20-14)23(2)9-10-6-7-11(18)12(19)8-10/h6-8H,4-5,9H2,1-3H3,(H,20,21,25). The minimum Gasteiger partial charge on any atom is -0.341 e. The Labute approximate surface area is 155 Å². The average molecular weight is 380 g/mol. The second-order valence-corrected chi connectivity index (χ2v) is 6.83. The van der Waals surface area contributed by atoms with E-state index in [1.54, 1.807) is 17.8 Å². The SMILES string of the molecule is CCCc1nn(C)c2c(=O)[nH]c(N(C)Cc3ccc(Cl)c(Cl)c3)nc12. The van der Waals surface area contributed by atoms with Gasteiger partial charge in [0.05, 0.1) is 15.7 Å². The highest BCUT2D eigenvalue weighted by Gasteiger charge is 2.16. The highest BCUT2D eigenvalue weighted by atomic mass is 35.5. The van der Waals surface area contributed by atoms with Gasteiger partial charge in [-0.05, 0) is 24.1 Å². The molecule has 0 atom stereocenters. The van der Waals surface area contributed by atoms with Crippen LogP contribution < -0.4 is 10.5 Å². The molecule has 2 heterocycles. The summed E-state index contributed by atoms with van der Waals surface area (Å²) in [6.07, 6.45) is 1.72. The van der Waals surface area contributed by atoms with Gasteiger partial charge in [-0.1, -0.05) is 42.6 Å². The number of aryl methyl sites for hydroxylation is 2. The summed E-state index contributed by atoms with van der Waals surface area (Å²) in [6.45, 7) is 2.61. The van der Waals surface area contributed by atoms with Crippen molar-refractivity contribution in [3.8, 4) is 0 Å². The van der Waals surface area contributed by atoms with E-state index >= 15 is 0 Å². The third kappa shape index (κ3) is 3.50. The monoisotopic (exact) mass is 379 g/mol. The summed E-state index contributed by atoms with van der Waals surface area (Å²) in [5.74, 6) is 0.494. The molecule has 3 rings (SSSR count). The van der Waals surface area contributed by atoms with Gasteiger partial charge >= 0.3 is 0 Å². The quantitative estimate of drug-likeness (QED) is 0.735. The molecule has 0 aliphatic carbocycles. The summed E-state index contributed by atoms with van der Waals surface area (Å²) in [4.78, 5) is 21.8. The van der Waals surface area contributed by atoms with Crippen molar-refractivity contribution in [3.63, 3.8) is 0 Å². The van der Waals surface area contributed by atoms with Crippen molar-refractivity contribution < 1.29 is 0 Å². The summed E-state index contributed by atoms with van der Waals surface area (Å²) in [7, 11) is 3.62. The van der Waals surface area contributed by atoms with Crippen molar-refractivity contribution in [1.82, 2.24) is 19.7 Å². The molecule has 0 bridgehead atoms. The van der Waals surface area contributed by atoms with E-state index in [1.807, 2.05) is 24.1 Å². The molecule has 0 aliphatic heterocycles. The summed E-state index contributed by atoms with van der Waals surface area (Å²) in [6, 6.07) is 5.46. The van der Waals surface area contributed by atoms with Crippen LogP contribution in [0.2, 0.25) is 10.0 Å². The molecule has 2 aromatic heterocycles. The molecular formula is C17H19Cl2N5O. The lowest BCUT2D eigenvalue weighted by atomic mass is 10.2. The number of anilines is 1. The highest BCUT2D eigenvalue weighted by Crippen LogP contribution is 2.24. The second-order valence-electron chi connectivity index (χ2n) is 6.01. The molecule has 6 nitrogen and oxygen atoms in total. The Bertz CT molecular complexity index is 979. The van der Waals surface area contributed by atoms with E-state index in [1.165, 1.54) is 0 Å². The number of benzene rings is 1. The molecule has 0 saturated heterocycles. The predicted molar refractivity (Wildman–Crippen MR) is 102 cm³/mol. The first-order valence-corrected chi connectivity index (χ1v) is 8.77. The van der Waals surface area contributed by atoms with Crippen molar-refractivity contribution in [2.24, 2.45) is 7.05 Å². The van der Waals surface area contributed by atoms with Crippen LogP contribution in [-0.4, -0.2) is 26.8 Å². The number of H-pyrrole nitrogens is 1. The zero-order valence-electron chi connectivity index (χ0n) is 14.3. The van der Waals surface area contributed by atoms with Crippen LogP contribution in [0.4, 0.5) is 5.95 Å². The van der Waals surface area contributed by atoms with E-state index in [0.29, 0.717) is 33.6 Å². The Morgan fingerprint density at radius 3 is 2.72 bits per heavy atom. The summed E-state index contributed by atoms with van der Waals surface area (Å²) in [5, 5.41) is 5.45. The lowest BCUT2D eigenvalue weighted by Gasteiger charge is -2.18. The Morgan fingerprint density at radius 2 is 2.04 bits per heavy atom. The van der Waals surface area contributed by atoms with E-state index in [9.17, 15) is 4.79 Å². The maximum atomic E-state index is 12.5. The zero-order chi connectivity index (χ0) is 18.1. The number of halogens is 2. The molecule has 0 spiro atoms. The van der Waals surface area contributed by atoms with Gasteiger partial charge in [-0.15, -0.1) is 0 Å². The first kappa shape index (κ1) is 17.8. The number of hydrogen-bond acceptors (Lipinski definition) is 4. The van der Waals surface area contributed by atoms with Crippen LogP contribution in [-0.2, 0) is 20.0 Å². The summed E-state index contributed by atoms with van der Waals surface area (Å²) < 4.78 is 1.59. The van der Waals surface area contributed by atoms with Crippen LogP contribution in [0.5, 0.6) is 0 Å². The van der Waals surface area contributed by atoms with Gasteiger partial charge in [0.25, 0.3) is 5.56 Å². The van der Waals surface area contributed by atoms with Crippen LogP contribution in [0.1, 0.15) is 24.6 Å². The Kier molecular flexibility index (Phi) is 5.01. The summed E-state index contributed by atoms with van der Waals surface area (Å²) >= 11 is 12.0. The van der Waals surface area contributed by atoms with Crippen molar-refractivity contribution in [1.29, 1.82) is 0 Å². The number of fused-ring (bicyclic) bond motifs is 1. The molecular weight excluding hydrogens is 361 g/mol. The number of nitrogens with zero attached hydrogens (tertiary/aromatic N) is 4. The molecule has 0 unspecified atom stereocenters. The van der Waals surface area contributed by atoms with E-state index in [-0.39, 0.29) is 5.56 Å². The lowest BCUT2D eigenvalue weighted by Crippen LogP contribution is -2.23. The lowest BCUT2D eigenvalue weighted by molar-refractivity contribution is 0.750. The number of rotatable bonds is 5. The van der Waals surface area contributed by atoms with Crippen molar-refractivity contribution >= 4 is 40.2 Å². The van der Waals surface area contributed by atoms with Crippen LogP contribution >= 0.6 is 23.2 Å². The van der Waals surface area contributed by atoms with Crippen LogP contribution in [0.3, 0.4) is 0 Å². The molecule has 0 fully saturated rings. The van der Waals surface area contributed by atoms with Gasteiger partial charge in [-0.3, -0.25) is 14.5 Å². The first-order chi connectivity index (χ1) is 11.9. The van der Waals surface area contributed by atoms with Crippen molar-refractivity contribution in [2.45, 2.75) is 26.3 Å². The van der Waals surface area contributed by atoms with Gasteiger partial charge in [-0.2, -0.15) is 5.10 Å². The normalized spacial score (nSPS) is 11.2. The molecule has 8 heteroatoms. The molecule has 132 valence electrons. The third-order valence-corrected chi connectivity index (χ3v) is 4.74. The molecule has 3 aromatic rings. The highest BCUT2D eigenvalue weighted by molar-refractivity contribution is 6.42. The Morgan fingerprint density at radius 1 is 1.28 bits per heavy atom. The van der Waals surface area contributed by atoms with Gasteiger partial charge < -0.3 is 4.90 Å². The third-order valence-electron chi connectivity index (χ3n) is 4.00. The molecule has 25 heavy (non-hydrogen) atoms. The van der Waals surface area contributed by atoms with Crippen LogP contribution in [0, 0.1) is 0 Å². The fraction of sp³-hybridized carbons (Fsp3) is 0.353.